The molecule has 2 heterocycles. The van der Waals surface area contributed by atoms with Gasteiger partial charge in [-0.1, -0.05) is 5.16 Å². The predicted molar refractivity (Wildman–Crippen MR) is 124 cm³/mol. The van der Waals surface area contributed by atoms with Crippen molar-refractivity contribution in [3.8, 4) is 12.3 Å². The van der Waals surface area contributed by atoms with Crippen LogP contribution in [0.4, 0.5) is 0 Å². The molecule has 9 atom stereocenters. The molecular weight excluding hydrogens is 514 g/mol. The molecule has 16 heteroatoms. The standard InChI is InChI=1S/C22H33N3O13/c1-4-5-6-23-15(28)10-36-24-8-13-16(25-11(2)26)12(27)7-22(38-13,21(32)33)35-9-14-17(29)18(30)19(31)20(34-3)37-14/h1,8,12-14,16-20,27,29-31H,5-7,9-10H2,2-3H3,(H,23,28)(H,25,26)(H,32,33)/b24-8+. The van der Waals surface area contributed by atoms with E-state index in [1.807, 2.05) is 0 Å². The molecule has 0 aliphatic carbocycles. The number of carboxylic acid groups (broad SMARTS) is 1. The Kier molecular flexibility index (Phi) is 11.8. The summed E-state index contributed by atoms with van der Waals surface area (Å²) in [5.74, 6) is -2.94. The molecule has 0 saturated carbocycles. The molecule has 214 valence electrons. The molecule has 2 aliphatic rings. The first-order chi connectivity index (χ1) is 18.0. The number of rotatable bonds is 12. The molecule has 0 spiro atoms. The van der Waals surface area contributed by atoms with E-state index in [1.54, 1.807) is 0 Å². The van der Waals surface area contributed by atoms with Gasteiger partial charge in [-0.15, -0.1) is 12.3 Å². The maximum atomic E-state index is 12.2. The van der Waals surface area contributed by atoms with Crippen LogP contribution in [-0.2, 0) is 38.2 Å². The molecule has 2 amide bonds. The summed E-state index contributed by atoms with van der Waals surface area (Å²) in [5, 5.41) is 59.3. The Morgan fingerprint density at radius 1 is 1.21 bits per heavy atom. The molecule has 0 bridgehead atoms. The summed E-state index contributed by atoms with van der Waals surface area (Å²) in [5.41, 5.74) is 0. The van der Waals surface area contributed by atoms with Crippen LogP contribution in [0.1, 0.15) is 19.8 Å². The van der Waals surface area contributed by atoms with Crippen molar-refractivity contribution < 1.29 is 63.7 Å². The van der Waals surface area contributed by atoms with Crippen LogP contribution < -0.4 is 10.6 Å². The molecule has 2 aliphatic heterocycles. The van der Waals surface area contributed by atoms with Gasteiger partial charge >= 0.3 is 5.97 Å². The second kappa shape index (κ2) is 14.3. The quantitative estimate of drug-likeness (QED) is 0.0535. The summed E-state index contributed by atoms with van der Waals surface area (Å²) in [6.45, 7) is 0.214. The predicted octanol–water partition coefficient (Wildman–Crippen LogP) is -3.97. The summed E-state index contributed by atoms with van der Waals surface area (Å²) in [4.78, 5) is 40.5. The fourth-order valence-electron chi connectivity index (χ4n) is 3.78. The van der Waals surface area contributed by atoms with Gasteiger partial charge < -0.3 is 60.0 Å². The second-order valence-corrected chi connectivity index (χ2v) is 8.53. The van der Waals surface area contributed by atoms with Crippen LogP contribution in [0.5, 0.6) is 0 Å². The van der Waals surface area contributed by atoms with Crippen molar-refractivity contribution in [3.63, 3.8) is 0 Å². The lowest BCUT2D eigenvalue weighted by atomic mass is 9.93. The van der Waals surface area contributed by atoms with Gasteiger partial charge in [0.15, 0.2) is 12.9 Å². The Labute approximate surface area is 217 Å². The highest BCUT2D eigenvalue weighted by molar-refractivity contribution is 5.79. The summed E-state index contributed by atoms with van der Waals surface area (Å²) >= 11 is 0. The number of amides is 2. The Morgan fingerprint density at radius 2 is 1.92 bits per heavy atom. The summed E-state index contributed by atoms with van der Waals surface area (Å²) in [7, 11) is 1.19. The first-order valence-electron chi connectivity index (χ1n) is 11.5. The number of terminal acetylenes is 1. The Morgan fingerprint density at radius 3 is 2.53 bits per heavy atom. The Hall–Kier alpha value is -2.88. The highest BCUT2D eigenvalue weighted by Gasteiger charge is 2.54. The molecule has 0 radical (unpaired) electrons. The minimum atomic E-state index is -2.52. The highest BCUT2D eigenvalue weighted by Crippen LogP contribution is 2.32. The Balaban J connectivity index is 2.15. The van der Waals surface area contributed by atoms with E-state index < -0.39 is 92.2 Å². The molecule has 2 rings (SSSR count). The number of methoxy groups -OCH3 is 1. The van der Waals surface area contributed by atoms with Crippen LogP contribution in [-0.4, -0.2) is 131 Å². The van der Waals surface area contributed by atoms with Crippen molar-refractivity contribution in [1.82, 2.24) is 10.6 Å². The third kappa shape index (κ3) is 8.06. The number of nitrogens with zero attached hydrogens (tertiary/aromatic N) is 1. The van der Waals surface area contributed by atoms with Crippen molar-refractivity contribution in [1.29, 1.82) is 0 Å². The number of ether oxygens (including phenoxy) is 4. The van der Waals surface area contributed by atoms with Gasteiger partial charge in [0.25, 0.3) is 11.7 Å². The smallest absolute Gasteiger partial charge is 0.364 e. The van der Waals surface area contributed by atoms with Gasteiger partial charge in [-0.25, -0.2) is 4.79 Å². The number of carbonyl (C=O) groups is 3. The largest absolute Gasteiger partial charge is 0.477 e. The number of hydrogen-bond donors (Lipinski definition) is 7. The molecule has 38 heavy (non-hydrogen) atoms. The minimum Gasteiger partial charge on any atom is -0.477 e. The van der Waals surface area contributed by atoms with Gasteiger partial charge in [-0.3, -0.25) is 9.59 Å². The molecule has 2 fully saturated rings. The average molecular weight is 548 g/mol. The zero-order valence-corrected chi connectivity index (χ0v) is 20.8. The molecule has 0 aromatic rings. The lowest BCUT2D eigenvalue weighted by Crippen LogP contribution is -2.65. The first-order valence-corrected chi connectivity index (χ1v) is 11.5. The average Bonchev–Trinajstić information content (AvgIpc) is 2.86. The van der Waals surface area contributed by atoms with Crippen molar-refractivity contribution in [2.45, 2.75) is 74.5 Å². The van der Waals surface area contributed by atoms with E-state index in [4.69, 9.17) is 30.2 Å². The topological polar surface area (TPSA) is 235 Å². The molecule has 0 aromatic heterocycles. The fourth-order valence-corrected chi connectivity index (χ4v) is 3.78. The second-order valence-electron chi connectivity index (χ2n) is 8.53. The minimum absolute atomic E-state index is 0.226. The number of aliphatic hydroxyl groups is 4. The van der Waals surface area contributed by atoms with Crippen LogP contribution in [0.15, 0.2) is 5.16 Å². The van der Waals surface area contributed by atoms with E-state index in [0.717, 1.165) is 6.21 Å². The number of oxime groups is 1. The third-order valence-corrected chi connectivity index (χ3v) is 5.72. The lowest BCUT2D eigenvalue weighted by Gasteiger charge is -2.45. The van der Waals surface area contributed by atoms with Gasteiger partial charge in [0.2, 0.25) is 5.91 Å². The first kappa shape index (κ1) is 31.3. The SMILES string of the molecule is C#CCCNC(=O)CO/N=C/C1OC(OCC2OC(OC)C(O)C(O)C2O)(C(=O)O)CC(O)C1NC(C)=O. The molecule has 0 aromatic carbocycles. The van der Waals surface area contributed by atoms with Crippen molar-refractivity contribution >= 4 is 24.0 Å². The van der Waals surface area contributed by atoms with Gasteiger partial charge in [-0.2, -0.15) is 0 Å². The summed E-state index contributed by atoms with van der Waals surface area (Å²) in [6.07, 6.45) is -4.91. The van der Waals surface area contributed by atoms with Gasteiger partial charge in [-0.05, 0) is 0 Å². The van der Waals surface area contributed by atoms with Crippen LogP contribution in [0, 0.1) is 12.3 Å². The zero-order chi connectivity index (χ0) is 28.5. The highest BCUT2D eigenvalue weighted by atomic mass is 16.7. The van der Waals surface area contributed by atoms with E-state index >= 15 is 0 Å². The zero-order valence-electron chi connectivity index (χ0n) is 20.8. The number of carboxylic acids is 1. The summed E-state index contributed by atoms with van der Waals surface area (Å²) < 4.78 is 21.3. The monoisotopic (exact) mass is 547 g/mol. The van der Waals surface area contributed by atoms with Crippen molar-refractivity contribution in [2.75, 3.05) is 26.9 Å². The third-order valence-electron chi connectivity index (χ3n) is 5.72. The van der Waals surface area contributed by atoms with Crippen LogP contribution >= 0.6 is 0 Å². The van der Waals surface area contributed by atoms with E-state index in [2.05, 4.69) is 21.7 Å². The van der Waals surface area contributed by atoms with E-state index in [-0.39, 0.29) is 6.54 Å². The molecule has 7 N–H and O–H groups in total. The number of aliphatic hydroxyl groups excluding tert-OH is 4. The van der Waals surface area contributed by atoms with Gasteiger partial charge in [0.1, 0.15) is 30.5 Å². The van der Waals surface area contributed by atoms with Gasteiger partial charge in [0, 0.05) is 33.4 Å². The van der Waals surface area contributed by atoms with Crippen molar-refractivity contribution in [3.05, 3.63) is 0 Å². The fraction of sp³-hybridized carbons (Fsp3) is 0.727. The molecule has 9 unspecified atom stereocenters. The number of nitrogens with one attached hydrogen (secondary N) is 2. The van der Waals surface area contributed by atoms with E-state index in [9.17, 15) is 39.9 Å². The van der Waals surface area contributed by atoms with E-state index in [1.165, 1.54) is 14.0 Å². The number of carbonyl (C=O) groups excluding carboxylic acids is 2. The van der Waals surface area contributed by atoms with Crippen LogP contribution in [0.2, 0.25) is 0 Å². The molecule has 16 nitrogen and oxygen atoms in total. The van der Waals surface area contributed by atoms with Crippen LogP contribution in [0.3, 0.4) is 0 Å². The normalized spacial score (nSPS) is 35.3. The Bertz CT molecular complexity index is 894. The maximum Gasteiger partial charge on any atom is 0.364 e. The van der Waals surface area contributed by atoms with Gasteiger partial charge in [0.05, 0.1) is 25.0 Å². The lowest BCUT2D eigenvalue weighted by molar-refractivity contribution is -0.324. The van der Waals surface area contributed by atoms with E-state index in [0.29, 0.717) is 6.42 Å². The maximum absolute atomic E-state index is 12.2. The molecule has 2 saturated heterocycles. The summed E-state index contributed by atoms with van der Waals surface area (Å²) in [6, 6.07) is -1.17. The number of hydrogen-bond acceptors (Lipinski definition) is 13. The number of aliphatic carboxylic acids is 1. The van der Waals surface area contributed by atoms with Crippen LogP contribution in [0.25, 0.3) is 0 Å². The van der Waals surface area contributed by atoms with Crippen molar-refractivity contribution in [2.24, 2.45) is 5.16 Å². The molecular formula is C22H33N3O13.